The molecule has 3 aliphatic heterocycles. The van der Waals surface area contributed by atoms with E-state index in [4.69, 9.17) is 23.4 Å². The quantitative estimate of drug-likeness (QED) is 0.377. The van der Waals surface area contributed by atoms with Crippen molar-refractivity contribution in [1.82, 2.24) is 0 Å². The van der Waals surface area contributed by atoms with Crippen LogP contribution in [0.5, 0.6) is 0 Å². The second-order valence-corrected chi connectivity index (χ2v) is 11.7. The van der Waals surface area contributed by atoms with Crippen molar-refractivity contribution in [1.29, 1.82) is 0 Å². The highest BCUT2D eigenvalue weighted by Gasteiger charge is 2.73. The summed E-state index contributed by atoms with van der Waals surface area (Å²) in [6, 6.07) is 1.78. The molecule has 196 valence electrons. The fourth-order valence-corrected chi connectivity index (χ4v) is 7.98. The lowest BCUT2D eigenvalue weighted by Gasteiger charge is -2.68. The lowest BCUT2D eigenvalue weighted by Crippen LogP contribution is -2.71. The van der Waals surface area contributed by atoms with E-state index in [-0.39, 0.29) is 18.8 Å². The first-order chi connectivity index (χ1) is 16.8. The van der Waals surface area contributed by atoms with E-state index in [0.29, 0.717) is 18.4 Å². The number of hydrogen-bond donors (Lipinski definition) is 1. The number of aliphatic hydroxyl groups is 1. The summed E-state index contributed by atoms with van der Waals surface area (Å²) in [6.07, 6.45) is 1.31. The van der Waals surface area contributed by atoms with Crippen molar-refractivity contribution in [2.45, 2.75) is 82.9 Å². The van der Waals surface area contributed by atoms with E-state index in [1.807, 2.05) is 13.8 Å². The van der Waals surface area contributed by atoms with E-state index < -0.39 is 64.2 Å². The average Bonchev–Trinajstić information content (AvgIpc) is 3.30. The minimum absolute atomic E-state index is 0.0393. The van der Waals surface area contributed by atoms with Gasteiger partial charge in [0.05, 0.1) is 38.6 Å². The Bertz CT molecular complexity index is 1110. The van der Waals surface area contributed by atoms with Crippen molar-refractivity contribution in [2.24, 2.45) is 22.7 Å². The van der Waals surface area contributed by atoms with Crippen molar-refractivity contribution < 1.29 is 42.9 Å². The zero-order chi connectivity index (χ0) is 26.3. The van der Waals surface area contributed by atoms with Crippen LogP contribution in [0.15, 0.2) is 35.2 Å². The summed E-state index contributed by atoms with van der Waals surface area (Å²) in [5, 5.41) is 11.2. The fourth-order valence-electron chi connectivity index (χ4n) is 7.98. The van der Waals surface area contributed by atoms with E-state index in [1.54, 1.807) is 26.2 Å². The molecule has 8 atom stereocenters. The third kappa shape index (κ3) is 3.11. The Kier molecular flexibility index (Phi) is 5.51. The van der Waals surface area contributed by atoms with E-state index >= 15 is 0 Å². The molecule has 1 spiro atoms. The highest BCUT2D eigenvalue weighted by atomic mass is 16.6. The van der Waals surface area contributed by atoms with Crippen molar-refractivity contribution in [3.05, 3.63) is 36.3 Å². The minimum atomic E-state index is -1.56. The van der Waals surface area contributed by atoms with Gasteiger partial charge in [-0.15, -0.1) is 0 Å². The molecule has 0 amide bonds. The Morgan fingerprint density at radius 3 is 2.58 bits per heavy atom. The first-order valence-corrected chi connectivity index (χ1v) is 12.4. The lowest BCUT2D eigenvalue weighted by molar-refractivity contribution is -0.295. The number of fused-ring (bicyclic) bond motifs is 3. The Hall–Kier alpha value is -2.65. The summed E-state index contributed by atoms with van der Waals surface area (Å²) in [5.41, 5.74) is -2.46. The molecular formula is C27H34O9. The number of esters is 3. The maximum Gasteiger partial charge on any atom is 0.335 e. The zero-order valence-corrected chi connectivity index (χ0v) is 21.4. The van der Waals surface area contributed by atoms with E-state index in [9.17, 15) is 19.5 Å². The Morgan fingerprint density at radius 1 is 1.22 bits per heavy atom. The van der Waals surface area contributed by atoms with Crippen LogP contribution in [0, 0.1) is 22.7 Å². The largest absolute Gasteiger partial charge is 0.472 e. The molecule has 4 aliphatic rings. The molecule has 1 N–H and O–H groups in total. The van der Waals surface area contributed by atoms with Gasteiger partial charge in [-0.25, -0.2) is 4.79 Å². The zero-order valence-electron chi connectivity index (χ0n) is 21.4. The summed E-state index contributed by atoms with van der Waals surface area (Å²) >= 11 is 0. The van der Waals surface area contributed by atoms with Crippen molar-refractivity contribution in [2.75, 3.05) is 7.11 Å². The Labute approximate surface area is 210 Å². The van der Waals surface area contributed by atoms with Gasteiger partial charge in [0.25, 0.3) is 0 Å². The number of carbonyl (C=O) groups is 3. The molecule has 4 fully saturated rings. The van der Waals surface area contributed by atoms with Crippen LogP contribution in [0.2, 0.25) is 0 Å². The van der Waals surface area contributed by atoms with Gasteiger partial charge in [-0.3, -0.25) is 9.59 Å². The molecule has 0 radical (unpaired) electrons. The number of furan rings is 1. The molecule has 0 aromatic carbocycles. The molecule has 36 heavy (non-hydrogen) atoms. The summed E-state index contributed by atoms with van der Waals surface area (Å²) in [7, 11) is 1.21. The summed E-state index contributed by atoms with van der Waals surface area (Å²) in [6.45, 7) is 11.8. The first-order valence-electron chi connectivity index (χ1n) is 12.4. The second kappa shape index (κ2) is 7.92. The van der Waals surface area contributed by atoms with Crippen LogP contribution in [0.4, 0.5) is 0 Å². The van der Waals surface area contributed by atoms with E-state index in [2.05, 4.69) is 6.58 Å². The van der Waals surface area contributed by atoms with Crippen molar-refractivity contribution in [3.8, 4) is 0 Å². The number of ether oxygens (including phenoxy) is 4. The van der Waals surface area contributed by atoms with Gasteiger partial charge in [-0.2, -0.15) is 0 Å². The number of methoxy groups -OCH3 is 1. The van der Waals surface area contributed by atoms with Gasteiger partial charge in [-0.05, 0) is 44.2 Å². The third-order valence-electron chi connectivity index (χ3n) is 9.58. The predicted octanol–water partition coefficient (Wildman–Crippen LogP) is 3.26. The monoisotopic (exact) mass is 502 g/mol. The van der Waals surface area contributed by atoms with Crippen LogP contribution in [0.3, 0.4) is 0 Å². The number of hydrogen-bond acceptors (Lipinski definition) is 9. The summed E-state index contributed by atoms with van der Waals surface area (Å²) < 4.78 is 28.8. The average molecular weight is 503 g/mol. The van der Waals surface area contributed by atoms with Gasteiger partial charge in [0.15, 0.2) is 6.10 Å². The van der Waals surface area contributed by atoms with Crippen LogP contribution in [-0.2, 0) is 33.3 Å². The van der Waals surface area contributed by atoms with Crippen LogP contribution >= 0.6 is 0 Å². The van der Waals surface area contributed by atoms with Crippen LogP contribution < -0.4 is 0 Å². The summed E-state index contributed by atoms with van der Waals surface area (Å²) in [4.78, 5) is 38.7. The first kappa shape index (κ1) is 25.0. The van der Waals surface area contributed by atoms with Crippen LogP contribution in [-0.4, -0.2) is 53.5 Å². The molecule has 3 saturated heterocycles. The molecule has 2 bridgehead atoms. The smallest absolute Gasteiger partial charge is 0.335 e. The Balaban J connectivity index is 1.67. The van der Waals surface area contributed by atoms with Crippen molar-refractivity contribution >= 4 is 17.9 Å². The van der Waals surface area contributed by atoms with Gasteiger partial charge < -0.3 is 28.5 Å². The number of cyclic esters (lactones) is 2. The van der Waals surface area contributed by atoms with Crippen LogP contribution in [0.25, 0.3) is 0 Å². The molecular weight excluding hydrogens is 468 g/mol. The normalized spacial score (nSPS) is 42.2. The fraction of sp³-hybridized carbons (Fsp3) is 0.667. The second-order valence-electron chi connectivity index (χ2n) is 11.7. The topological polar surface area (TPSA) is 122 Å². The highest BCUT2D eigenvalue weighted by molar-refractivity contribution is 5.77. The molecule has 1 aliphatic carbocycles. The maximum atomic E-state index is 13.0. The van der Waals surface area contributed by atoms with E-state index in [1.165, 1.54) is 13.4 Å². The van der Waals surface area contributed by atoms with Gasteiger partial charge in [0.1, 0.15) is 17.3 Å². The number of carbonyl (C=O) groups excluding carboxylic acids is 3. The van der Waals surface area contributed by atoms with Gasteiger partial charge in [-0.1, -0.05) is 20.4 Å². The van der Waals surface area contributed by atoms with Gasteiger partial charge in [0, 0.05) is 22.3 Å². The predicted molar refractivity (Wildman–Crippen MR) is 124 cm³/mol. The molecule has 1 saturated carbocycles. The number of aliphatic hydroxyl groups excluding tert-OH is 1. The standard InChI is InChI=1S/C27H34O9/c1-14-16-7-9-25(4)22(15-8-10-33-13-15)34-19(29)12-27(14,25)35-17-11-18(28)36-24(2,3)21(26(16,17)5)20(30)23(31)32-6/h8,10,13,16-17,20-22,30H,1,7,9,11-12H2,2-6H3/t16-,17-,20+,21-,22-,25-,26-,27-/m0/s1. The molecule has 9 nitrogen and oxygen atoms in total. The molecule has 0 unspecified atom stereocenters. The minimum Gasteiger partial charge on any atom is -0.472 e. The van der Waals surface area contributed by atoms with E-state index in [0.717, 1.165) is 5.56 Å². The van der Waals surface area contributed by atoms with Gasteiger partial charge >= 0.3 is 17.9 Å². The molecule has 1 aromatic heterocycles. The maximum absolute atomic E-state index is 13.0. The molecule has 9 heteroatoms. The third-order valence-corrected chi connectivity index (χ3v) is 9.58. The van der Waals surface area contributed by atoms with Crippen LogP contribution in [0.1, 0.15) is 65.0 Å². The highest BCUT2D eigenvalue weighted by Crippen LogP contribution is 2.70. The SMILES string of the molecule is C=C1[C@@H]2CC[C@@]3(C)[C@H](c4ccoc4)OC(=O)C[C@]13O[C@H]1CC(=O)OC(C)(C)[C@H]([C@@H](O)C(=O)OC)[C@]12C. The number of rotatable bonds is 3. The lowest BCUT2D eigenvalue weighted by atomic mass is 9.44. The molecule has 5 rings (SSSR count). The summed E-state index contributed by atoms with van der Waals surface area (Å²) in [5.74, 6) is -2.84. The Morgan fingerprint density at radius 2 is 1.94 bits per heavy atom. The molecule has 4 heterocycles. The van der Waals surface area contributed by atoms with Crippen molar-refractivity contribution in [3.63, 3.8) is 0 Å². The van der Waals surface area contributed by atoms with Gasteiger partial charge in [0.2, 0.25) is 0 Å². The molecule has 1 aromatic rings.